The predicted octanol–water partition coefficient (Wildman–Crippen LogP) is 0.679. The molecule has 0 unspecified atom stereocenters. The molecule has 0 heterocycles. The lowest BCUT2D eigenvalue weighted by Crippen LogP contribution is -2.14. The minimum absolute atomic E-state index is 0.0957. The molecule has 0 bridgehead atoms. The van der Waals surface area contributed by atoms with E-state index in [1.54, 1.807) is 6.07 Å². The number of hydrogen-bond donors (Lipinski definition) is 0. The second-order valence-electron chi connectivity index (χ2n) is 3.15. The number of esters is 1. The summed E-state index contributed by atoms with van der Waals surface area (Å²) < 4.78 is 20.1. The summed E-state index contributed by atoms with van der Waals surface area (Å²) in [5.41, 5.74) is -0.214. The summed E-state index contributed by atoms with van der Waals surface area (Å²) in [5, 5.41) is 8.36. The maximum atomic E-state index is 11.0. The third-order valence-corrected chi connectivity index (χ3v) is 1.79. The molecule has 0 aliphatic carbocycles. The fourth-order valence-corrected chi connectivity index (χ4v) is 0.910. The van der Waals surface area contributed by atoms with E-state index in [2.05, 4.69) is 6.58 Å². The highest BCUT2D eigenvalue weighted by molar-refractivity contribution is 5.91. The van der Waals surface area contributed by atoms with Crippen LogP contribution in [-0.2, 0) is 23.7 Å². The molecule has 0 aliphatic heterocycles. The van der Waals surface area contributed by atoms with Gasteiger partial charge in [-0.3, -0.25) is 0 Å². The number of nitriles is 1. The van der Waals surface area contributed by atoms with Gasteiger partial charge in [0.05, 0.1) is 33.0 Å². The molecule has 0 saturated heterocycles. The molecule has 6 heteroatoms. The standard InChI is InChI=1S/C12H19NO5/c1-3-15-4-5-16-6-7-17-8-9-18-12(14)11(2)10-13/h2-9H2,1H3. The van der Waals surface area contributed by atoms with E-state index in [0.717, 1.165) is 0 Å². The largest absolute Gasteiger partial charge is 0.459 e. The zero-order chi connectivity index (χ0) is 13.6. The fraction of sp³-hybridized carbons (Fsp3) is 0.667. The molecule has 0 amide bonds. The highest BCUT2D eigenvalue weighted by Crippen LogP contribution is 1.91. The highest BCUT2D eigenvalue weighted by Gasteiger charge is 2.06. The molecule has 0 aliphatic rings. The van der Waals surface area contributed by atoms with Gasteiger partial charge in [-0.2, -0.15) is 5.26 Å². The van der Waals surface area contributed by atoms with E-state index in [1.165, 1.54) is 0 Å². The van der Waals surface area contributed by atoms with E-state index in [9.17, 15) is 4.79 Å². The third kappa shape index (κ3) is 9.78. The van der Waals surface area contributed by atoms with Crippen molar-refractivity contribution in [1.82, 2.24) is 0 Å². The van der Waals surface area contributed by atoms with Crippen LogP contribution in [0.15, 0.2) is 12.2 Å². The molecular formula is C12H19NO5. The van der Waals surface area contributed by atoms with E-state index in [-0.39, 0.29) is 18.8 Å². The van der Waals surface area contributed by atoms with Gasteiger partial charge >= 0.3 is 5.97 Å². The first kappa shape index (κ1) is 16.6. The maximum Gasteiger partial charge on any atom is 0.348 e. The first-order valence-electron chi connectivity index (χ1n) is 5.71. The maximum absolute atomic E-state index is 11.0. The minimum Gasteiger partial charge on any atom is -0.459 e. The van der Waals surface area contributed by atoms with Gasteiger partial charge in [-0.05, 0) is 6.92 Å². The molecule has 0 spiro atoms. The van der Waals surface area contributed by atoms with Crippen LogP contribution in [0.25, 0.3) is 0 Å². The van der Waals surface area contributed by atoms with Crippen LogP contribution < -0.4 is 0 Å². The highest BCUT2D eigenvalue weighted by atomic mass is 16.6. The average Bonchev–Trinajstić information content (AvgIpc) is 2.39. The summed E-state index contributed by atoms with van der Waals surface area (Å²) in [7, 11) is 0. The normalized spacial score (nSPS) is 9.78. The molecule has 0 aromatic carbocycles. The molecule has 0 atom stereocenters. The number of nitrogens with zero attached hydrogens (tertiary/aromatic N) is 1. The first-order chi connectivity index (χ1) is 8.72. The van der Waals surface area contributed by atoms with E-state index in [1.807, 2.05) is 6.92 Å². The van der Waals surface area contributed by atoms with Crippen LogP contribution in [-0.4, -0.2) is 52.2 Å². The molecule has 6 nitrogen and oxygen atoms in total. The lowest BCUT2D eigenvalue weighted by Gasteiger charge is -2.06. The molecule has 0 saturated carbocycles. The Balaban J connectivity index is 3.19. The van der Waals surface area contributed by atoms with Crippen molar-refractivity contribution in [3.63, 3.8) is 0 Å². The average molecular weight is 257 g/mol. The molecule has 0 fully saturated rings. The van der Waals surface area contributed by atoms with Crippen molar-refractivity contribution in [3.8, 4) is 6.07 Å². The summed E-state index contributed by atoms with van der Waals surface area (Å²) in [4.78, 5) is 11.0. The Hall–Kier alpha value is -1.42. The second-order valence-corrected chi connectivity index (χ2v) is 3.15. The van der Waals surface area contributed by atoms with Gasteiger partial charge in [-0.15, -0.1) is 0 Å². The number of rotatable bonds is 11. The van der Waals surface area contributed by atoms with Crippen LogP contribution in [0.2, 0.25) is 0 Å². The molecular weight excluding hydrogens is 238 g/mol. The van der Waals surface area contributed by atoms with Gasteiger partial charge in [0.2, 0.25) is 0 Å². The van der Waals surface area contributed by atoms with Crippen molar-refractivity contribution in [2.45, 2.75) is 6.92 Å². The molecule has 0 aromatic rings. The van der Waals surface area contributed by atoms with Crippen LogP contribution in [0.4, 0.5) is 0 Å². The minimum atomic E-state index is -0.714. The van der Waals surface area contributed by atoms with E-state index in [4.69, 9.17) is 24.2 Å². The lowest BCUT2D eigenvalue weighted by molar-refractivity contribution is -0.140. The lowest BCUT2D eigenvalue weighted by atomic mass is 10.3. The number of carbonyl (C=O) groups is 1. The molecule has 102 valence electrons. The Kier molecular flexibility index (Phi) is 11.1. The van der Waals surface area contributed by atoms with Crippen LogP contribution in [0.1, 0.15) is 6.92 Å². The van der Waals surface area contributed by atoms with Gasteiger partial charge in [-0.1, -0.05) is 6.58 Å². The van der Waals surface area contributed by atoms with Crippen molar-refractivity contribution in [2.75, 3.05) is 46.2 Å². The van der Waals surface area contributed by atoms with Gasteiger partial charge in [-0.25, -0.2) is 4.79 Å². The smallest absolute Gasteiger partial charge is 0.348 e. The summed E-state index contributed by atoms with van der Waals surface area (Å²) in [6.45, 7) is 8.18. The van der Waals surface area contributed by atoms with Crippen molar-refractivity contribution in [3.05, 3.63) is 12.2 Å². The van der Waals surface area contributed by atoms with Crippen LogP contribution >= 0.6 is 0 Å². The molecule has 0 rings (SSSR count). The molecule has 18 heavy (non-hydrogen) atoms. The summed E-state index contributed by atoms with van der Waals surface area (Å²) >= 11 is 0. The van der Waals surface area contributed by atoms with Gasteiger partial charge in [0.25, 0.3) is 0 Å². The summed E-state index contributed by atoms with van der Waals surface area (Å²) in [6, 6.07) is 1.61. The fourth-order valence-electron chi connectivity index (χ4n) is 0.910. The molecule has 0 N–H and O–H groups in total. The van der Waals surface area contributed by atoms with Crippen LogP contribution in [0.3, 0.4) is 0 Å². The zero-order valence-electron chi connectivity index (χ0n) is 10.6. The topological polar surface area (TPSA) is 77.8 Å². The SMILES string of the molecule is C=C(C#N)C(=O)OCCOCCOCCOCC. The van der Waals surface area contributed by atoms with Crippen molar-refractivity contribution in [1.29, 1.82) is 5.26 Å². The Morgan fingerprint density at radius 1 is 1.06 bits per heavy atom. The predicted molar refractivity (Wildman–Crippen MR) is 63.8 cm³/mol. The van der Waals surface area contributed by atoms with Crippen molar-refractivity contribution >= 4 is 5.97 Å². The number of carbonyl (C=O) groups excluding carboxylic acids is 1. The number of hydrogen-bond acceptors (Lipinski definition) is 6. The van der Waals surface area contributed by atoms with Crippen LogP contribution in [0, 0.1) is 11.3 Å². The molecule has 0 radical (unpaired) electrons. The van der Waals surface area contributed by atoms with Crippen molar-refractivity contribution < 1.29 is 23.7 Å². The third-order valence-electron chi connectivity index (χ3n) is 1.79. The van der Waals surface area contributed by atoms with E-state index >= 15 is 0 Å². The van der Waals surface area contributed by atoms with Gasteiger partial charge < -0.3 is 18.9 Å². The summed E-state index contributed by atoms with van der Waals surface area (Å²) in [6.07, 6.45) is 0. The monoisotopic (exact) mass is 257 g/mol. The van der Waals surface area contributed by atoms with Gasteiger partial charge in [0.15, 0.2) is 0 Å². The van der Waals surface area contributed by atoms with Gasteiger partial charge in [0.1, 0.15) is 18.2 Å². The Bertz CT molecular complexity index is 285. The van der Waals surface area contributed by atoms with E-state index < -0.39 is 5.97 Å². The van der Waals surface area contributed by atoms with E-state index in [0.29, 0.717) is 33.0 Å². The van der Waals surface area contributed by atoms with Crippen molar-refractivity contribution in [2.24, 2.45) is 0 Å². The number of ether oxygens (including phenoxy) is 4. The Morgan fingerprint density at radius 2 is 1.56 bits per heavy atom. The Labute approximate surface area is 107 Å². The Morgan fingerprint density at radius 3 is 2.06 bits per heavy atom. The molecule has 0 aromatic heterocycles. The first-order valence-corrected chi connectivity index (χ1v) is 5.71. The van der Waals surface area contributed by atoms with Gasteiger partial charge in [0, 0.05) is 6.61 Å². The zero-order valence-corrected chi connectivity index (χ0v) is 10.6. The quantitative estimate of drug-likeness (QED) is 0.234. The van der Waals surface area contributed by atoms with Crippen LogP contribution in [0.5, 0.6) is 0 Å². The second kappa shape index (κ2) is 12.0. The summed E-state index contributed by atoms with van der Waals surface area (Å²) in [5.74, 6) is -0.714.